The lowest BCUT2D eigenvalue weighted by Gasteiger charge is -2.29. The highest BCUT2D eigenvalue weighted by atomic mass is 16.2. The highest BCUT2D eigenvalue weighted by Crippen LogP contribution is 2.23. The minimum absolute atomic E-state index is 0.135. The Labute approximate surface area is 126 Å². The summed E-state index contributed by atoms with van der Waals surface area (Å²) >= 11 is 0. The predicted octanol–water partition coefficient (Wildman–Crippen LogP) is 2.31. The van der Waals surface area contributed by atoms with E-state index in [0.29, 0.717) is 12.5 Å². The van der Waals surface area contributed by atoms with E-state index in [9.17, 15) is 9.59 Å². The third-order valence-electron chi connectivity index (χ3n) is 4.33. The molecule has 1 saturated carbocycles. The quantitative estimate of drug-likeness (QED) is 0.839. The number of benzene rings is 1. The molecule has 114 valence electrons. The lowest BCUT2D eigenvalue weighted by molar-refractivity contribution is -0.140. The molecular formula is C17H24N2O2. The molecule has 1 fully saturated rings. The number of carbonyl (C=O) groups is 2. The summed E-state index contributed by atoms with van der Waals surface area (Å²) in [4.78, 5) is 23.8. The van der Waals surface area contributed by atoms with E-state index in [4.69, 9.17) is 0 Å². The fourth-order valence-corrected chi connectivity index (χ4v) is 2.83. The van der Waals surface area contributed by atoms with E-state index >= 15 is 0 Å². The molecule has 2 atom stereocenters. The van der Waals surface area contributed by atoms with E-state index in [0.717, 1.165) is 30.4 Å². The van der Waals surface area contributed by atoms with Crippen LogP contribution in [0, 0.1) is 12.8 Å². The van der Waals surface area contributed by atoms with Crippen molar-refractivity contribution in [2.24, 2.45) is 5.92 Å². The maximum atomic E-state index is 11.9. The molecule has 4 heteroatoms. The van der Waals surface area contributed by atoms with Gasteiger partial charge in [-0.05, 0) is 36.8 Å². The average Bonchev–Trinajstić information content (AvgIpc) is 2.48. The number of rotatable bonds is 3. The first-order valence-corrected chi connectivity index (χ1v) is 7.71. The van der Waals surface area contributed by atoms with Crippen LogP contribution in [0.25, 0.3) is 0 Å². The van der Waals surface area contributed by atoms with Gasteiger partial charge in [0.2, 0.25) is 0 Å². The van der Waals surface area contributed by atoms with E-state index in [1.54, 1.807) is 0 Å². The Hall–Kier alpha value is -1.84. The summed E-state index contributed by atoms with van der Waals surface area (Å²) in [6.07, 6.45) is 4.43. The number of carbonyl (C=O) groups excluding carboxylic acids is 2. The van der Waals surface area contributed by atoms with Gasteiger partial charge in [0.1, 0.15) is 0 Å². The molecule has 0 bridgehead atoms. The lowest BCUT2D eigenvalue weighted by atomic mass is 9.86. The number of amides is 2. The SMILES string of the molecule is Cc1ccccc1CNC(=O)C(=O)N[C@H]1CCCC[C@@H]1C. The fraction of sp³-hybridized carbons (Fsp3) is 0.529. The molecule has 2 rings (SSSR count). The molecule has 1 aromatic rings. The van der Waals surface area contributed by atoms with E-state index in [2.05, 4.69) is 17.6 Å². The molecule has 0 radical (unpaired) electrons. The minimum atomic E-state index is -0.545. The summed E-state index contributed by atoms with van der Waals surface area (Å²) in [5.74, 6) is -0.606. The van der Waals surface area contributed by atoms with Gasteiger partial charge in [0, 0.05) is 12.6 Å². The van der Waals surface area contributed by atoms with Crippen LogP contribution in [0.15, 0.2) is 24.3 Å². The topological polar surface area (TPSA) is 58.2 Å². The third kappa shape index (κ3) is 4.31. The molecule has 2 N–H and O–H groups in total. The van der Waals surface area contributed by atoms with Gasteiger partial charge >= 0.3 is 11.8 Å². The molecule has 1 aliphatic rings. The molecule has 2 amide bonds. The smallest absolute Gasteiger partial charge is 0.309 e. The van der Waals surface area contributed by atoms with Gasteiger partial charge in [-0.2, -0.15) is 0 Å². The van der Waals surface area contributed by atoms with Crippen LogP contribution in [0.1, 0.15) is 43.7 Å². The number of hydrogen-bond donors (Lipinski definition) is 2. The van der Waals surface area contributed by atoms with Crippen molar-refractivity contribution in [3.8, 4) is 0 Å². The van der Waals surface area contributed by atoms with Gasteiger partial charge in [-0.25, -0.2) is 0 Å². The zero-order valence-corrected chi connectivity index (χ0v) is 12.8. The summed E-state index contributed by atoms with van der Waals surface area (Å²) in [6.45, 7) is 4.51. The van der Waals surface area contributed by atoms with E-state index in [1.165, 1.54) is 6.42 Å². The van der Waals surface area contributed by atoms with Crippen molar-refractivity contribution >= 4 is 11.8 Å². The molecule has 1 aliphatic carbocycles. The van der Waals surface area contributed by atoms with Crippen LogP contribution in [0.5, 0.6) is 0 Å². The third-order valence-corrected chi connectivity index (χ3v) is 4.33. The van der Waals surface area contributed by atoms with Crippen LogP contribution in [0.2, 0.25) is 0 Å². The van der Waals surface area contributed by atoms with Crippen molar-refractivity contribution in [2.75, 3.05) is 0 Å². The summed E-state index contributed by atoms with van der Waals surface area (Å²) in [6, 6.07) is 7.97. The van der Waals surface area contributed by atoms with Crippen molar-refractivity contribution in [1.82, 2.24) is 10.6 Å². The van der Waals surface area contributed by atoms with Crippen LogP contribution >= 0.6 is 0 Å². The summed E-state index contributed by atoms with van der Waals surface area (Å²) in [5.41, 5.74) is 2.14. The first kappa shape index (κ1) is 15.5. The zero-order valence-electron chi connectivity index (χ0n) is 12.8. The van der Waals surface area contributed by atoms with Crippen molar-refractivity contribution in [3.63, 3.8) is 0 Å². The van der Waals surface area contributed by atoms with Gasteiger partial charge in [0.05, 0.1) is 0 Å². The highest BCUT2D eigenvalue weighted by Gasteiger charge is 2.25. The Morgan fingerprint density at radius 2 is 1.86 bits per heavy atom. The first-order valence-electron chi connectivity index (χ1n) is 7.71. The largest absolute Gasteiger partial charge is 0.345 e. The molecule has 0 unspecified atom stereocenters. The molecule has 0 heterocycles. The Morgan fingerprint density at radius 3 is 2.57 bits per heavy atom. The van der Waals surface area contributed by atoms with Gasteiger partial charge in [0.15, 0.2) is 0 Å². The Kier molecular flexibility index (Phi) is 5.37. The summed E-state index contributed by atoms with van der Waals surface area (Å²) < 4.78 is 0. The van der Waals surface area contributed by atoms with Crippen LogP contribution in [-0.2, 0) is 16.1 Å². The highest BCUT2D eigenvalue weighted by molar-refractivity contribution is 6.35. The van der Waals surface area contributed by atoms with Crippen molar-refractivity contribution in [3.05, 3.63) is 35.4 Å². The van der Waals surface area contributed by atoms with Gasteiger partial charge < -0.3 is 10.6 Å². The molecule has 0 aliphatic heterocycles. The Balaban J connectivity index is 1.82. The molecule has 0 saturated heterocycles. The maximum Gasteiger partial charge on any atom is 0.309 e. The van der Waals surface area contributed by atoms with Crippen LogP contribution in [0.4, 0.5) is 0 Å². The Morgan fingerprint density at radius 1 is 1.14 bits per heavy atom. The van der Waals surface area contributed by atoms with Gasteiger partial charge in [0.25, 0.3) is 0 Å². The molecule has 0 aromatic heterocycles. The minimum Gasteiger partial charge on any atom is -0.345 e. The van der Waals surface area contributed by atoms with Crippen molar-refractivity contribution in [2.45, 2.75) is 52.1 Å². The van der Waals surface area contributed by atoms with Gasteiger partial charge in [-0.1, -0.05) is 44.0 Å². The van der Waals surface area contributed by atoms with Crippen LogP contribution in [0.3, 0.4) is 0 Å². The van der Waals surface area contributed by atoms with E-state index in [1.807, 2.05) is 31.2 Å². The lowest BCUT2D eigenvalue weighted by Crippen LogP contribution is -2.47. The summed E-state index contributed by atoms with van der Waals surface area (Å²) in [5, 5.41) is 5.56. The standard InChI is InChI=1S/C17H24N2O2/c1-12-7-3-5-9-14(12)11-18-16(20)17(21)19-15-10-6-4-8-13(15)2/h3,5,7,9,13,15H,4,6,8,10-11H2,1-2H3,(H,18,20)(H,19,21)/t13-,15-/m0/s1. The van der Waals surface area contributed by atoms with E-state index in [-0.39, 0.29) is 6.04 Å². The molecule has 0 spiro atoms. The second-order valence-electron chi connectivity index (χ2n) is 5.95. The monoisotopic (exact) mass is 288 g/mol. The van der Waals surface area contributed by atoms with Crippen molar-refractivity contribution in [1.29, 1.82) is 0 Å². The molecule has 4 nitrogen and oxygen atoms in total. The van der Waals surface area contributed by atoms with Crippen LogP contribution < -0.4 is 10.6 Å². The number of aryl methyl sites for hydroxylation is 1. The first-order chi connectivity index (χ1) is 10.1. The molecule has 21 heavy (non-hydrogen) atoms. The fourth-order valence-electron chi connectivity index (χ4n) is 2.83. The summed E-state index contributed by atoms with van der Waals surface area (Å²) in [7, 11) is 0. The van der Waals surface area contributed by atoms with Gasteiger partial charge in [-0.3, -0.25) is 9.59 Å². The predicted molar refractivity (Wildman–Crippen MR) is 82.6 cm³/mol. The normalized spacial score (nSPS) is 21.6. The van der Waals surface area contributed by atoms with E-state index < -0.39 is 11.8 Å². The van der Waals surface area contributed by atoms with Crippen LogP contribution in [-0.4, -0.2) is 17.9 Å². The number of nitrogens with one attached hydrogen (secondary N) is 2. The van der Waals surface area contributed by atoms with Crippen molar-refractivity contribution < 1.29 is 9.59 Å². The Bertz CT molecular complexity index is 513. The molecular weight excluding hydrogens is 264 g/mol. The van der Waals surface area contributed by atoms with Gasteiger partial charge in [-0.15, -0.1) is 0 Å². The zero-order chi connectivity index (χ0) is 15.2. The maximum absolute atomic E-state index is 11.9. The second kappa shape index (κ2) is 7.25. The average molecular weight is 288 g/mol. The number of hydrogen-bond acceptors (Lipinski definition) is 2. The second-order valence-corrected chi connectivity index (χ2v) is 5.95. The molecule has 1 aromatic carbocycles.